The molecule has 1 aromatic carbocycles. The van der Waals surface area contributed by atoms with Crippen LogP contribution in [0.4, 0.5) is 9.80 Å². The predicted molar refractivity (Wildman–Crippen MR) is 101 cm³/mol. The van der Waals surface area contributed by atoms with Gasteiger partial charge in [0, 0.05) is 4.88 Å². The summed E-state index contributed by atoms with van der Waals surface area (Å²) in [7, 11) is 2.91. The number of hydrogen-bond acceptors (Lipinski definition) is 6. The van der Waals surface area contributed by atoms with E-state index in [1.165, 1.54) is 25.6 Å². The van der Waals surface area contributed by atoms with Gasteiger partial charge >= 0.3 is 6.03 Å². The molecule has 0 radical (unpaired) electrons. The number of benzene rings is 1. The molecule has 2 aromatic rings. The monoisotopic (exact) mass is 389 g/mol. The predicted octanol–water partition coefficient (Wildman–Crippen LogP) is 2.31. The molecule has 27 heavy (non-hydrogen) atoms. The van der Waals surface area contributed by atoms with E-state index in [1.807, 2.05) is 0 Å². The number of rotatable bonds is 5. The summed E-state index contributed by atoms with van der Waals surface area (Å²) in [4.78, 5) is 37.5. The van der Waals surface area contributed by atoms with Crippen molar-refractivity contribution < 1.29 is 23.9 Å². The molecular formula is C18H19N3O5S. The lowest BCUT2D eigenvalue weighted by molar-refractivity contribution is 0.0966. The van der Waals surface area contributed by atoms with Crippen molar-refractivity contribution in [1.29, 1.82) is 0 Å². The zero-order chi connectivity index (χ0) is 19.6. The molecule has 9 heteroatoms. The second-order valence-electron chi connectivity index (χ2n) is 5.87. The SMILES string of the molecule is COc1cccc(OC)c1C(=O)Nc1sc2c(c1C(=O)NC(N)=O)CCC2. The van der Waals surface area contributed by atoms with Gasteiger partial charge in [0.25, 0.3) is 11.8 Å². The molecule has 3 rings (SSSR count). The van der Waals surface area contributed by atoms with E-state index in [0.29, 0.717) is 22.9 Å². The van der Waals surface area contributed by atoms with Crippen molar-refractivity contribution in [3.63, 3.8) is 0 Å². The summed E-state index contributed by atoms with van der Waals surface area (Å²) in [6, 6.07) is 4.06. The van der Waals surface area contributed by atoms with Crippen LogP contribution in [-0.4, -0.2) is 32.1 Å². The molecule has 0 saturated heterocycles. The summed E-state index contributed by atoms with van der Waals surface area (Å²) in [5.41, 5.74) is 6.43. The van der Waals surface area contributed by atoms with Crippen LogP contribution in [-0.2, 0) is 12.8 Å². The fourth-order valence-electron chi connectivity index (χ4n) is 3.15. The van der Waals surface area contributed by atoms with E-state index >= 15 is 0 Å². The third-order valence-corrected chi connectivity index (χ3v) is 5.47. The Morgan fingerprint density at radius 1 is 1.04 bits per heavy atom. The minimum Gasteiger partial charge on any atom is -0.496 e. The van der Waals surface area contributed by atoms with Crippen LogP contribution in [0.25, 0.3) is 0 Å². The molecule has 0 fully saturated rings. The molecule has 1 aromatic heterocycles. The van der Waals surface area contributed by atoms with Crippen LogP contribution >= 0.6 is 11.3 Å². The van der Waals surface area contributed by atoms with Gasteiger partial charge in [0.1, 0.15) is 22.1 Å². The Hall–Kier alpha value is -3.07. The minimum absolute atomic E-state index is 0.220. The number of aryl methyl sites for hydroxylation is 1. The maximum atomic E-state index is 12.9. The Bertz CT molecular complexity index is 900. The van der Waals surface area contributed by atoms with Gasteiger partial charge in [0.15, 0.2) is 0 Å². The standard InChI is InChI=1S/C18H19N3O5S/c1-25-10-6-4-7-11(26-2)14(10)16(23)20-17-13(15(22)21-18(19)24)9-5-3-8-12(9)27-17/h4,6-7H,3,5,8H2,1-2H3,(H,20,23)(H3,19,21,22,24). The van der Waals surface area contributed by atoms with Gasteiger partial charge in [0.2, 0.25) is 0 Å². The second-order valence-corrected chi connectivity index (χ2v) is 6.98. The number of methoxy groups -OCH3 is 2. The Morgan fingerprint density at radius 2 is 1.70 bits per heavy atom. The Morgan fingerprint density at radius 3 is 2.30 bits per heavy atom. The van der Waals surface area contributed by atoms with E-state index in [2.05, 4.69) is 10.6 Å². The first-order valence-corrected chi connectivity index (χ1v) is 9.05. The maximum Gasteiger partial charge on any atom is 0.319 e. The number of anilines is 1. The van der Waals surface area contributed by atoms with Gasteiger partial charge in [-0.1, -0.05) is 6.07 Å². The molecular weight excluding hydrogens is 370 g/mol. The molecule has 0 aliphatic heterocycles. The van der Waals surface area contributed by atoms with Crippen molar-refractivity contribution >= 4 is 34.2 Å². The van der Waals surface area contributed by atoms with E-state index in [1.54, 1.807) is 18.2 Å². The lowest BCUT2D eigenvalue weighted by Crippen LogP contribution is -2.35. The second kappa shape index (κ2) is 7.67. The van der Waals surface area contributed by atoms with Gasteiger partial charge < -0.3 is 20.5 Å². The van der Waals surface area contributed by atoms with Crippen LogP contribution in [0.3, 0.4) is 0 Å². The third-order valence-electron chi connectivity index (χ3n) is 4.27. The summed E-state index contributed by atoms with van der Waals surface area (Å²) in [6.45, 7) is 0. The van der Waals surface area contributed by atoms with Gasteiger partial charge in [-0.3, -0.25) is 14.9 Å². The third kappa shape index (κ3) is 3.59. The number of thiophene rings is 1. The summed E-state index contributed by atoms with van der Waals surface area (Å²) >= 11 is 1.33. The van der Waals surface area contributed by atoms with E-state index in [-0.39, 0.29) is 11.1 Å². The molecule has 1 heterocycles. The fourth-order valence-corrected chi connectivity index (χ4v) is 4.43. The topological polar surface area (TPSA) is 120 Å². The maximum absolute atomic E-state index is 12.9. The highest BCUT2D eigenvalue weighted by Gasteiger charge is 2.29. The molecule has 4 amide bonds. The number of urea groups is 1. The Balaban J connectivity index is 1.98. The van der Waals surface area contributed by atoms with Gasteiger partial charge in [-0.05, 0) is 37.0 Å². The number of nitrogens with one attached hydrogen (secondary N) is 2. The lowest BCUT2D eigenvalue weighted by Gasteiger charge is -2.13. The minimum atomic E-state index is -0.943. The van der Waals surface area contributed by atoms with Crippen molar-refractivity contribution in [1.82, 2.24) is 5.32 Å². The number of nitrogens with two attached hydrogens (primary N) is 1. The number of ether oxygens (including phenoxy) is 2. The summed E-state index contributed by atoms with van der Waals surface area (Å²) in [5, 5.41) is 5.22. The smallest absolute Gasteiger partial charge is 0.319 e. The van der Waals surface area contributed by atoms with Gasteiger partial charge in [-0.15, -0.1) is 11.3 Å². The number of primary amides is 1. The van der Waals surface area contributed by atoms with E-state index < -0.39 is 17.8 Å². The number of carbonyl (C=O) groups excluding carboxylic acids is 3. The van der Waals surface area contributed by atoms with Crippen LogP contribution in [0, 0.1) is 0 Å². The number of imide groups is 1. The molecule has 0 spiro atoms. The average Bonchev–Trinajstić information content (AvgIpc) is 3.20. The van der Waals surface area contributed by atoms with Crippen molar-refractivity contribution in [2.75, 3.05) is 19.5 Å². The highest BCUT2D eigenvalue weighted by atomic mass is 32.1. The molecule has 4 N–H and O–H groups in total. The largest absolute Gasteiger partial charge is 0.496 e. The van der Waals surface area contributed by atoms with Crippen molar-refractivity contribution in [3.05, 3.63) is 39.8 Å². The number of carbonyl (C=O) groups is 3. The molecule has 0 bridgehead atoms. The Labute approximate surface area is 159 Å². The lowest BCUT2D eigenvalue weighted by atomic mass is 10.1. The summed E-state index contributed by atoms with van der Waals surface area (Å²) in [5.74, 6) is -0.403. The first-order valence-electron chi connectivity index (χ1n) is 8.24. The van der Waals surface area contributed by atoms with E-state index in [4.69, 9.17) is 15.2 Å². The Kier molecular flexibility index (Phi) is 5.31. The zero-order valence-corrected chi connectivity index (χ0v) is 15.7. The fraction of sp³-hybridized carbons (Fsp3) is 0.278. The number of hydrogen-bond donors (Lipinski definition) is 3. The zero-order valence-electron chi connectivity index (χ0n) is 14.9. The first-order chi connectivity index (χ1) is 13.0. The van der Waals surface area contributed by atoms with Gasteiger partial charge in [-0.25, -0.2) is 4.79 Å². The van der Waals surface area contributed by atoms with Crippen molar-refractivity contribution in [2.24, 2.45) is 5.73 Å². The molecule has 1 aliphatic carbocycles. The van der Waals surface area contributed by atoms with Crippen LogP contribution in [0.15, 0.2) is 18.2 Å². The molecule has 0 unspecified atom stereocenters. The van der Waals surface area contributed by atoms with Crippen molar-refractivity contribution in [3.8, 4) is 11.5 Å². The highest BCUT2D eigenvalue weighted by Crippen LogP contribution is 2.40. The first kappa shape index (κ1) is 18.7. The molecule has 0 atom stereocenters. The summed E-state index contributed by atoms with van der Waals surface area (Å²) < 4.78 is 10.5. The molecule has 142 valence electrons. The molecule has 1 aliphatic rings. The molecule has 0 saturated carbocycles. The number of amides is 4. The van der Waals surface area contributed by atoms with Crippen LogP contribution in [0.1, 0.15) is 37.6 Å². The average molecular weight is 389 g/mol. The van der Waals surface area contributed by atoms with Crippen molar-refractivity contribution in [2.45, 2.75) is 19.3 Å². The quantitative estimate of drug-likeness (QED) is 0.725. The normalized spacial score (nSPS) is 12.2. The summed E-state index contributed by atoms with van der Waals surface area (Å²) in [6.07, 6.45) is 2.46. The van der Waals surface area contributed by atoms with Gasteiger partial charge in [0.05, 0.1) is 19.8 Å². The highest BCUT2D eigenvalue weighted by molar-refractivity contribution is 7.17. The van der Waals surface area contributed by atoms with E-state index in [0.717, 1.165) is 23.3 Å². The van der Waals surface area contributed by atoms with Crippen LogP contribution < -0.4 is 25.8 Å². The van der Waals surface area contributed by atoms with E-state index in [9.17, 15) is 14.4 Å². The van der Waals surface area contributed by atoms with Crippen LogP contribution in [0.2, 0.25) is 0 Å². The molecule has 8 nitrogen and oxygen atoms in total. The van der Waals surface area contributed by atoms with Gasteiger partial charge in [-0.2, -0.15) is 0 Å². The van der Waals surface area contributed by atoms with Crippen LogP contribution in [0.5, 0.6) is 11.5 Å². The number of fused-ring (bicyclic) bond motifs is 1.